The Morgan fingerprint density at radius 2 is 2.11 bits per heavy atom. The monoisotopic (exact) mass is 262 g/mol. The van der Waals surface area contributed by atoms with Crippen molar-refractivity contribution in [2.45, 2.75) is 45.2 Å². The van der Waals surface area contributed by atoms with Crippen LogP contribution >= 0.6 is 0 Å². The van der Waals surface area contributed by atoms with E-state index in [-0.39, 0.29) is 0 Å². The number of anilines is 1. The van der Waals surface area contributed by atoms with E-state index in [1.807, 2.05) is 0 Å². The van der Waals surface area contributed by atoms with Crippen molar-refractivity contribution >= 4 is 5.69 Å². The SMILES string of the molecule is CCNCc1ccc(N2CCCC2CCCO)cc1. The molecule has 1 saturated heterocycles. The molecular weight excluding hydrogens is 236 g/mol. The van der Waals surface area contributed by atoms with Gasteiger partial charge in [-0.05, 0) is 49.9 Å². The van der Waals surface area contributed by atoms with E-state index in [0.717, 1.165) is 32.5 Å². The van der Waals surface area contributed by atoms with Crippen LogP contribution in [-0.4, -0.2) is 30.8 Å². The van der Waals surface area contributed by atoms with Crippen LogP contribution in [0.5, 0.6) is 0 Å². The highest BCUT2D eigenvalue weighted by Gasteiger charge is 2.23. The van der Waals surface area contributed by atoms with Crippen LogP contribution in [0.2, 0.25) is 0 Å². The molecule has 0 saturated carbocycles. The Morgan fingerprint density at radius 3 is 2.79 bits per heavy atom. The molecule has 1 aromatic carbocycles. The van der Waals surface area contributed by atoms with Gasteiger partial charge in [0.15, 0.2) is 0 Å². The molecule has 1 heterocycles. The molecule has 1 unspecified atom stereocenters. The highest BCUT2D eigenvalue weighted by molar-refractivity contribution is 5.49. The number of hydrogen-bond donors (Lipinski definition) is 2. The Kier molecular flexibility index (Phi) is 5.67. The summed E-state index contributed by atoms with van der Waals surface area (Å²) < 4.78 is 0. The summed E-state index contributed by atoms with van der Waals surface area (Å²) in [5.74, 6) is 0. The number of nitrogens with zero attached hydrogens (tertiary/aromatic N) is 1. The first-order valence-corrected chi connectivity index (χ1v) is 7.52. The average Bonchev–Trinajstić information content (AvgIpc) is 2.92. The summed E-state index contributed by atoms with van der Waals surface area (Å²) in [5, 5.41) is 12.3. The third-order valence-corrected chi connectivity index (χ3v) is 3.92. The zero-order valence-electron chi connectivity index (χ0n) is 11.9. The van der Waals surface area contributed by atoms with E-state index in [0.29, 0.717) is 12.6 Å². The summed E-state index contributed by atoms with van der Waals surface area (Å²) in [7, 11) is 0. The van der Waals surface area contributed by atoms with Crippen LogP contribution < -0.4 is 10.2 Å². The predicted octanol–water partition coefficient (Wildman–Crippen LogP) is 2.54. The summed E-state index contributed by atoms with van der Waals surface area (Å²) in [6, 6.07) is 9.54. The van der Waals surface area contributed by atoms with Crippen molar-refractivity contribution in [3.63, 3.8) is 0 Å². The van der Waals surface area contributed by atoms with Gasteiger partial charge in [0.1, 0.15) is 0 Å². The molecule has 19 heavy (non-hydrogen) atoms. The molecule has 0 amide bonds. The summed E-state index contributed by atoms with van der Waals surface area (Å²) in [4.78, 5) is 2.51. The van der Waals surface area contributed by atoms with E-state index < -0.39 is 0 Å². The molecule has 0 spiro atoms. The topological polar surface area (TPSA) is 35.5 Å². The molecule has 1 aromatic rings. The summed E-state index contributed by atoms with van der Waals surface area (Å²) >= 11 is 0. The maximum atomic E-state index is 8.98. The lowest BCUT2D eigenvalue weighted by molar-refractivity contribution is 0.279. The van der Waals surface area contributed by atoms with Crippen molar-refractivity contribution in [1.82, 2.24) is 5.32 Å². The Labute approximate surface area is 116 Å². The van der Waals surface area contributed by atoms with Gasteiger partial charge in [-0.2, -0.15) is 0 Å². The van der Waals surface area contributed by atoms with Crippen LogP contribution in [0.1, 0.15) is 38.2 Å². The molecule has 0 bridgehead atoms. The molecule has 3 nitrogen and oxygen atoms in total. The molecule has 2 N–H and O–H groups in total. The maximum absolute atomic E-state index is 8.98. The quantitative estimate of drug-likeness (QED) is 0.792. The van der Waals surface area contributed by atoms with E-state index >= 15 is 0 Å². The molecule has 106 valence electrons. The van der Waals surface area contributed by atoms with Crippen LogP contribution in [-0.2, 0) is 6.54 Å². The molecule has 0 aromatic heterocycles. The molecule has 0 radical (unpaired) electrons. The fraction of sp³-hybridized carbons (Fsp3) is 0.625. The zero-order valence-corrected chi connectivity index (χ0v) is 11.9. The van der Waals surface area contributed by atoms with Crippen LogP contribution in [0.3, 0.4) is 0 Å². The number of hydrogen-bond acceptors (Lipinski definition) is 3. The van der Waals surface area contributed by atoms with Gasteiger partial charge in [0, 0.05) is 31.4 Å². The predicted molar refractivity (Wildman–Crippen MR) is 80.5 cm³/mol. The van der Waals surface area contributed by atoms with Crippen molar-refractivity contribution in [2.24, 2.45) is 0 Å². The van der Waals surface area contributed by atoms with Crippen molar-refractivity contribution in [1.29, 1.82) is 0 Å². The van der Waals surface area contributed by atoms with Gasteiger partial charge in [0.25, 0.3) is 0 Å². The van der Waals surface area contributed by atoms with E-state index in [1.165, 1.54) is 24.1 Å². The maximum Gasteiger partial charge on any atom is 0.0431 e. The minimum atomic E-state index is 0.311. The number of aliphatic hydroxyl groups is 1. The van der Waals surface area contributed by atoms with Gasteiger partial charge in [-0.15, -0.1) is 0 Å². The molecular formula is C16H26N2O. The Morgan fingerprint density at radius 1 is 1.32 bits per heavy atom. The Hall–Kier alpha value is -1.06. The third-order valence-electron chi connectivity index (χ3n) is 3.92. The van der Waals surface area contributed by atoms with E-state index in [2.05, 4.69) is 41.4 Å². The summed E-state index contributed by atoms with van der Waals surface area (Å²) in [6.07, 6.45) is 4.56. The van der Waals surface area contributed by atoms with Crippen molar-refractivity contribution in [3.8, 4) is 0 Å². The number of nitrogens with one attached hydrogen (secondary N) is 1. The minimum Gasteiger partial charge on any atom is -0.396 e. The molecule has 2 rings (SSSR count). The molecule has 0 aliphatic carbocycles. The second-order valence-electron chi connectivity index (χ2n) is 5.30. The highest BCUT2D eigenvalue weighted by atomic mass is 16.2. The Bertz CT molecular complexity index is 364. The van der Waals surface area contributed by atoms with E-state index in [1.54, 1.807) is 0 Å². The normalized spacial score (nSPS) is 19.1. The lowest BCUT2D eigenvalue weighted by Gasteiger charge is -2.27. The highest BCUT2D eigenvalue weighted by Crippen LogP contribution is 2.28. The van der Waals surface area contributed by atoms with Crippen molar-refractivity contribution < 1.29 is 5.11 Å². The van der Waals surface area contributed by atoms with Crippen LogP contribution in [0, 0.1) is 0 Å². The Balaban J connectivity index is 1.96. The minimum absolute atomic E-state index is 0.311. The smallest absolute Gasteiger partial charge is 0.0431 e. The van der Waals surface area contributed by atoms with Crippen molar-refractivity contribution in [2.75, 3.05) is 24.6 Å². The van der Waals surface area contributed by atoms with Gasteiger partial charge in [0.2, 0.25) is 0 Å². The molecule has 1 fully saturated rings. The lowest BCUT2D eigenvalue weighted by atomic mass is 10.1. The number of benzene rings is 1. The molecule has 3 heteroatoms. The first-order chi connectivity index (χ1) is 9.35. The fourth-order valence-corrected chi connectivity index (χ4v) is 2.88. The number of aliphatic hydroxyl groups excluding tert-OH is 1. The summed E-state index contributed by atoms with van der Waals surface area (Å²) in [5.41, 5.74) is 2.68. The van der Waals surface area contributed by atoms with Gasteiger partial charge in [0.05, 0.1) is 0 Å². The van der Waals surface area contributed by atoms with Crippen LogP contribution in [0.25, 0.3) is 0 Å². The standard InChI is InChI=1S/C16H26N2O/c1-2-17-13-14-7-9-16(10-8-14)18-11-3-5-15(18)6-4-12-19/h7-10,15,17,19H,2-6,11-13H2,1H3. The molecule has 1 aliphatic rings. The van der Waals surface area contributed by atoms with Crippen LogP contribution in [0.15, 0.2) is 24.3 Å². The van der Waals surface area contributed by atoms with Crippen molar-refractivity contribution in [3.05, 3.63) is 29.8 Å². The van der Waals surface area contributed by atoms with Gasteiger partial charge >= 0.3 is 0 Å². The zero-order chi connectivity index (χ0) is 13.5. The van der Waals surface area contributed by atoms with E-state index in [9.17, 15) is 0 Å². The van der Waals surface area contributed by atoms with Gasteiger partial charge in [-0.25, -0.2) is 0 Å². The third kappa shape index (κ3) is 3.95. The lowest BCUT2D eigenvalue weighted by Crippen LogP contribution is -2.29. The fourth-order valence-electron chi connectivity index (χ4n) is 2.88. The first kappa shape index (κ1) is 14.4. The molecule has 1 atom stereocenters. The van der Waals surface area contributed by atoms with Gasteiger partial charge in [-0.1, -0.05) is 19.1 Å². The first-order valence-electron chi connectivity index (χ1n) is 7.52. The second-order valence-corrected chi connectivity index (χ2v) is 5.30. The molecule has 1 aliphatic heterocycles. The average molecular weight is 262 g/mol. The summed E-state index contributed by atoms with van der Waals surface area (Å²) in [6.45, 7) is 5.56. The van der Waals surface area contributed by atoms with E-state index in [4.69, 9.17) is 5.11 Å². The second kappa shape index (κ2) is 7.51. The van der Waals surface area contributed by atoms with Crippen LogP contribution in [0.4, 0.5) is 5.69 Å². The number of rotatable bonds is 7. The van der Waals surface area contributed by atoms with Gasteiger partial charge < -0.3 is 15.3 Å². The van der Waals surface area contributed by atoms with Gasteiger partial charge in [-0.3, -0.25) is 0 Å². The largest absolute Gasteiger partial charge is 0.396 e.